The number of nitro benzene ring substituents is 1. The van der Waals surface area contributed by atoms with E-state index in [1.807, 2.05) is 0 Å². The Morgan fingerprint density at radius 3 is 1.97 bits per heavy atom. The van der Waals surface area contributed by atoms with E-state index in [9.17, 15) is 19.7 Å². The molecule has 2 amide bonds. The molecule has 0 saturated heterocycles. The van der Waals surface area contributed by atoms with Gasteiger partial charge in [0.15, 0.2) is 10.2 Å². The van der Waals surface area contributed by atoms with Crippen molar-refractivity contribution < 1.29 is 14.5 Å². The quantitative estimate of drug-likeness (QED) is 0.317. The van der Waals surface area contributed by atoms with E-state index in [2.05, 4.69) is 21.3 Å². The first kappa shape index (κ1) is 22.1. The number of hydrogen-bond donors (Lipinski definition) is 4. The highest BCUT2D eigenvalue weighted by Gasteiger charge is 2.17. The number of thiocarbonyl (C=S) groups is 2. The first-order chi connectivity index (χ1) is 13.7. The van der Waals surface area contributed by atoms with Crippen LogP contribution >= 0.6 is 36.0 Å². The van der Waals surface area contributed by atoms with Crippen molar-refractivity contribution in [3.8, 4) is 0 Å². The van der Waals surface area contributed by atoms with Crippen LogP contribution in [-0.2, 0) is 4.79 Å². The van der Waals surface area contributed by atoms with Gasteiger partial charge in [0.1, 0.15) is 5.02 Å². The van der Waals surface area contributed by atoms with E-state index in [4.69, 9.17) is 36.0 Å². The fourth-order valence-corrected chi connectivity index (χ4v) is 2.75. The summed E-state index contributed by atoms with van der Waals surface area (Å²) in [6, 6.07) is 10.4. The van der Waals surface area contributed by atoms with Crippen LogP contribution in [0.15, 0.2) is 42.5 Å². The van der Waals surface area contributed by atoms with Gasteiger partial charge < -0.3 is 16.0 Å². The predicted octanol–water partition coefficient (Wildman–Crippen LogP) is 3.21. The van der Waals surface area contributed by atoms with Crippen LogP contribution in [-0.4, -0.2) is 27.0 Å². The van der Waals surface area contributed by atoms with Crippen LogP contribution in [0.25, 0.3) is 0 Å². The summed E-state index contributed by atoms with van der Waals surface area (Å²) >= 11 is 15.8. The SMILES string of the molecule is CC(=O)NC(=S)Nc1ccc(NC(=S)NC(=O)c2ccc(Cl)c([N+](=O)[O-])c2)cc1. The van der Waals surface area contributed by atoms with Gasteiger partial charge in [0.2, 0.25) is 5.91 Å². The summed E-state index contributed by atoms with van der Waals surface area (Å²) in [4.78, 5) is 33.4. The molecule has 0 fully saturated rings. The van der Waals surface area contributed by atoms with Gasteiger partial charge in [-0.05, 0) is 60.8 Å². The molecule has 9 nitrogen and oxygen atoms in total. The Kier molecular flexibility index (Phi) is 7.53. The van der Waals surface area contributed by atoms with Crippen LogP contribution < -0.4 is 21.3 Å². The Hall–Kier alpha value is -3.15. The number of anilines is 2. The van der Waals surface area contributed by atoms with Crippen molar-refractivity contribution in [2.24, 2.45) is 0 Å². The number of rotatable bonds is 4. The number of benzene rings is 2. The predicted molar refractivity (Wildman–Crippen MR) is 118 cm³/mol. The van der Waals surface area contributed by atoms with Crippen molar-refractivity contribution in [2.45, 2.75) is 6.92 Å². The van der Waals surface area contributed by atoms with Crippen LogP contribution in [0, 0.1) is 10.1 Å². The molecule has 0 saturated carbocycles. The third kappa shape index (κ3) is 6.75. The summed E-state index contributed by atoms with van der Waals surface area (Å²) in [5.74, 6) is -0.908. The van der Waals surface area contributed by atoms with Crippen molar-refractivity contribution in [3.05, 3.63) is 63.2 Å². The lowest BCUT2D eigenvalue weighted by Crippen LogP contribution is -2.34. The number of hydrogen-bond acceptors (Lipinski definition) is 6. The lowest BCUT2D eigenvalue weighted by molar-refractivity contribution is -0.384. The maximum absolute atomic E-state index is 12.2. The average molecular weight is 452 g/mol. The molecule has 4 N–H and O–H groups in total. The molecule has 150 valence electrons. The number of nitrogens with one attached hydrogen (secondary N) is 4. The third-order valence-corrected chi connectivity index (χ3v) is 4.05. The molecule has 0 aliphatic carbocycles. The van der Waals surface area contributed by atoms with E-state index in [1.54, 1.807) is 24.3 Å². The topological polar surface area (TPSA) is 125 Å². The molecule has 0 bridgehead atoms. The lowest BCUT2D eigenvalue weighted by atomic mass is 10.2. The van der Waals surface area contributed by atoms with Gasteiger partial charge in [-0.2, -0.15) is 0 Å². The molecular weight excluding hydrogens is 438 g/mol. The number of amides is 2. The Morgan fingerprint density at radius 2 is 1.48 bits per heavy atom. The second kappa shape index (κ2) is 9.87. The van der Waals surface area contributed by atoms with E-state index in [0.29, 0.717) is 11.4 Å². The minimum absolute atomic E-state index is 0.00193. The van der Waals surface area contributed by atoms with Crippen molar-refractivity contribution in [3.63, 3.8) is 0 Å². The molecule has 0 unspecified atom stereocenters. The van der Waals surface area contributed by atoms with Gasteiger partial charge in [0, 0.05) is 29.9 Å². The summed E-state index contributed by atoms with van der Waals surface area (Å²) in [6.07, 6.45) is 0. The summed E-state index contributed by atoms with van der Waals surface area (Å²) in [5.41, 5.74) is 0.876. The zero-order valence-electron chi connectivity index (χ0n) is 14.8. The Bertz CT molecular complexity index is 998. The maximum atomic E-state index is 12.2. The minimum Gasteiger partial charge on any atom is -0.332 e. The number of halogens is 1. The van der Waals surface area contributed by atoms with Gasteiger partial charge in [-0.1, -0.05) is 11.6 Å². The van der Waals surface area contributed by atoms with Crippen LogP contribution in [0.4, 0.5) is 17.1 Å². The summed E-state index contributed by atoms with van der Waals surface area (Å²) in [5, 5.41) is 21.5. The van der Waals surface area contributed by atoms with Crippen molar-refractivity contribution in [2.75, 3.05) is 10.6 Å². The van der Waals surface area contributed by atoms with E-state index in [0.717, 1.165) is 6.07 Å². The summed E-state index contributed by atoms with van der Waals surface area (Å²) in [6.45, 7) is 1.35. The van der Waals surface area contributed by atoms with E-state index in [1.165, 1.54) is 19.1 Å². The molecule has 0 aliphatic heterocycles. The van der Waals surface area contributed by atoms with Gasteiger partial charge in [-0.15, -0.1) is 0 Å². The number of carbonyl (C=O) groups is 2. The first-order valence-corrected chi connectivity index (χ1v) is 9.10. The maximum Gasteiger partial charge on any atom is 0.288 e. The molecule has 0 aliphatic rings. The summed E-state index contributed by atoms with van der Waals surface area (Å²) in [7, 11) is 0. The van der Waals surface area contributed by atoms with Crippen LogP contribution in [0.2, 0.25) is 5.02 Å². The molecule has 0 aromatic heterocycles. The van der Waals surface area contributed by atoms with Gasteiger partial charge in [-0.25, -0.2) is 0 Å². The first-order valence-electron chi connectivity index (χ1n) is 7.90. The van der Waals surface area contributed by atoms with Gasteiger partial charge in [0.25, 0.3) is 11.6 Å². The highest BCUT2D eigenvalue weighted by atomic mass is 35.5. The minimum atomic E-state index is -0.678. The fourth-order valence-electron chi connectivity index (χ4n) is 2.09. The fraction of sp³-hybridized carbons (Fsp3) is 0.0588. The monoisotopic (exact) mass is 451 g/mol. The van der Waals surface area contributed by atoms with Crippen LogP contribution in [0.3, 0.4) is 0 Å². The average Bonchev–Trinajstić information content (AvgIpc) is 2.62. The Morgan fingerprint density at radius 1 is 0.966 bits per heavy atom. The van der Waals surface area contributed by atoms with Crippen LogP contribution in [0.1, 0.15) is 17.3 Å². The number of nitrogens with zero attached hydrogens (tertiary/aromatic N) is 1. The van der Waals surface area contributed by atoms with Crippen molar-refractivity contribution >= 4 is 75.1 Å². The lowest BCUT2D eigenvalue weighted by Gasteiger charge is -2.11. The van der Waals surface area contributed by atoms with Crippen LogP contribution in [0.5, 0.6) is 0 Å². The molecule has 2 aromatic rings. The Labute approximate surface area is 181 Å². The number of carbonyl (C=O) groups excluding carboxylic acids is 2. The van der Waals surface area contributed by atoms with E-state index < -0.39 is 10.8 Å². The third-order valence-electron chi connectivity index (χ3n) is 3.32. The molecule has 2 aromatic carbocycles. The zero-order valence-corrected chi connectivity index (χ0v) is 17.2. The molecule has 0 atom stereocenters. The molecular formula is C17H14ClN5O4S2. The van der Waals surface area contributed by atoms with Gasteiger partial charge in [-0.3, -0.25) is 25.0 Å². The second-order valence-electron chi connectivity index (χ2n) is 5.54. The highest BCUT2D eigenvalue weighted by Crippen LogP contribution is 2.25. The molecule has 29 heavy (non-hydrogen) atoms. The standard InChI is InChI=1S/C17H14ClN5O4S2/c1-9(24)19-16(28)20-11-3-5-12(6-4-11)21-17(29)22-15(25)10-2-7-13(18)14(8-10)23(26)27/h2-8H,1H3,(H2,19,20,24,28)(H2,21,22,25,29). The largest absolute Gasteiger partial charge is 0.332 e. The second-order valence-corrected chi connectivity index (χ2v) is 6.77. The van der Waals surface area contributed by atoms with E-state index in [-0.39, 0.29) is 32.4 Å². The molecule has 2 rings (SSSR count). The van der Waals surface area contributed by atoms with Gasteiger partial charge >= 0.3 is 0 Å². The van der Waals surface area contributed by atoms with Gasteiger partial charge in [0.05, 0.1) is 4.92 Å². The molecule has 0 radical (unpaired) electrons. The Balaban J connectivity index is 1.96. The van der Waals surface area contributed by atoms with Crippen molar-refractivity contribution in [1.82, 2.24) is 10.6 Å². The normalized spacial score (nSPS) is 9.86. The number of nitro groups is 1. The molecule has 12 heteroatoms. The smallest absolute Gasteiger partial charge is 0.288 e. The van der Waals surface area contributed by atoms with E-state index >= 15 is 0 Å². The zero-order chi connectivity index (χ0) is 21.6. The van der Waals surface area contributed by atoms with Crippen molar-refractivity contribution in [1.29, 1.82) is 0 Å². The summed E-state index contributed by atoms with van der Waals surface area (Å²) < 4.78 is 0. The highest BCUT2D eigenvalue weighted by molar-refractivity contribution is 7.80. The molecule has 0 heterocycles. The molecule has 0 spiro atoms.